The van der Waals surface area contributed by atoms with E-state index in [1.165, 1.54) is 31.6 Å². The first-order valence-corrected chi connectivity index (χ1v) is 6.54. The van der Waals surface area contributed by atoms with E-state index in [9.17, 15) is 9.59 Å². The Balaban J connectivity index is 2.18. The Morgan fingerprint density at radius 3 is 2.64 bits per heavy atom. The van der Waals surface area contributed by atoms with Crippen molar-refractivity contribution in [3.8, 4) is 5.75 Å². The van der Waals surface area contributed by atoms with Crippen LogP contribution >= 0.6 is 11.6 Å². The van der Waals surface area contributed by atoms with Crippen LogP contribution in [-0.4, -0.2) is 24.0 Å². The Kier molecular flexibility index (Phi) is 4.80. The molecule has 0 spiro atoms. The van der Waals surface area contributed by atoms with E-state index in [1.807, 2.05) is 0 Å². The number of carbonyl (C=O) groups excluding carboxylic acids is 2. The van der Waals surface area contributed by atoms with E-state index in [2.05, 4.69) is 15.6 Å². The van der Waals surface area contributed by atoms with Crippen LogP contribution in [0.1, 0.15) is 10.4 Å². The Morgan fingerprint density at radius 1 is 1.23 bits per heavy atom. The van der Waals surface area contributed by atoms with E-state index in [1.54, 1.807) is 12.1 Å². The molecule has 0 radical (unpaired) electrons. The Bertz CT molecular complexity index is 721. The first-order chi connectivity index (χ1) is 10.5. The van der Waals surface area contributed by atoms with Crippen molar-refractivity contribution in [2.75, 3.05) is 17.7 Å². The lowest BCUT2D eigenvalue weighted by Crippen LogP contribution is -2.23. The van der Waals surface area contributed by atoms with Gasteiger partial charge in [-0.2, -0.15) is 0 Å². The minimum absolute atomic E-state index is 0.156. The molecule has 0 saturated heterocycles. The number of halogens is 1. The summed E-state index contributed by atoms with van der Waals surface area (Å²) >= 11 is 5.89. The number of anilines is 2. The summed E-state index contributed by atoms with van der Waals surface area (Å²) in [5.74, 6) is -0.223. The van der Waals surface area contributed by atoms with E-state index in [0.29, 0.717) is 16.5 Å². The van der Waals surface area contributed by atoms with Gasteiger partial charge in [-0.05, 0) is 24.3 Å². The molecule has 0 bridgehead atoms. The normalized spacial score (nSPS) is 9.91. The molecule has 0 saturated carbocycles. The van der Waals surface area contributed by atoms with Crippen molar-refractivity contribution < 1.29 is 14.3 Å². The summed E-state index contributed by atoms with van der Waals surface area (Å²) in [7, 11) is 1.47. The molecule has 1 heterocycles. The second kappa shape index (κ2) is 6.77. The van der Waals surface area contributed by atoms with E-state index in [0.717, 1.165) is 0 Å². The summed E-state index contributed by atoms with van der Waals surface area (Å²) < 4.78 is 5.13. The molecule has 1 aromatic carbocycles. The van der Waals surface area contributed by atoms with Crippen LogP contribution in [0.3, 0.4) is 0 Å². The standard InChI is InChI=1S/C14H13ClN4O3/c1-22-12-3-2-8(15)6-10(12)18-14(21)19-11-7-17-5-4-9(11)13(16)20/h2-7H,1H3,(H2,16,20)(H2,18,19,21). The zero-order chi connectivity index (χ0) is 16.1. The number of urea groups is 1. The van der Waals surface area contributed by atoms with Gasteiger partial charge < -0.3 is 21.1 Å². The third kappa shape index (κ3) is 3.64. The molecule has 2 rings (SSSR count). The van der Waals surface area contributed by atoms with Crippen LogP contribution in [0, 0.1) is 0 Å². The summed E-state index contributed by atoms with van der Waals surface area (Å²) in [5.41, 5.74) is 5.98. The fourth-order valence-corrected chi connectivity index (χ4v) is 1.93. The van der Waals surface area contributed by atoms with Gasteiger partial charge in [0.15, 0.2) is 0 Å². The lowest BCUT2D eigenvalue weighted by molar-refractivity contribution is 0.100. The fourth-order valence-electron chi connectivity index (χ4n) is 1.76. The quantitative estimate of drug-likeness (QED) is 0.804. The number of ether oxygens (including phenoxy) is 1. The van der Waals surface area contributed by atoms with Crippen molar-refractivity contribution in [2.24, 2.45) is 5.73 Å². The molecule has 0 aliphatic carbocycles. The number of pyridine rings is 1. The third-order valence-corrected chi connectivity index (χ3v) is 2.98. The predicted molar refractivity (Wildman–Crippen MR) is 83.4 cm³/mol. The Morgan fingerprint density at radius 2 is 1.95 bits per heavy atom. The van der Waals surface area contributed by atoms with E-state index >= 15 is 0 Å². The largest absolute Gasteiger partial charge is 0.495 e. The average Bonchev–Trinajstić information content (AvgIpc) is 2.47. The molecular formula is C14H13ClN4O3. The molecule has 1 aromatic heterocycles. The van der Waals surface area contributed by atoms with Gasteiger partial charge in [0.1, 0.15) is 5.75 Å². The van der Waals surface area contributed by atoms with Crippen molar-refractivity contribution in [1.82, 2.24) is 4.98 Å². The number of primary amides is 1. The predicted octanol–water partition coefficient (Wildman–Crippen LogP) is 2.49. The topological polar surface area (TPSA) is 106 Å². The van der Waals surface area contributed by atoms with E-state index in [4.69, 9.17) is 22.1 Å². The summed E-state index contributed by atoms with van der Waals surface area (Å²) in [6.07, 6.45) is 2.73. The number of nitrogens with one attached hydrogen (secondary N) is 2. The minimum Gasteiger partial charge on any atom is -0.495 e. The van der Waals surface area contributed by atoms with Gasteiger partial charge in [0, 0.05) is 11.2 Å². The SMILES string of the molecule is COc1ccc(Cl)cc1NC(=O)Nc1cnccc1C(N)=O. The lowest BCUT2D eigenvalue weighted by atomic mass is 10.2. The molecule has 22 heavy (non-hydrogen) atoms. The van der Waals surface area contributed by atoms with Gasteiger partial charge in [-0.15, -0.1) is 0 Å². The highest BCUT2D eigenvalue weighted by molar-refractivity contribution is 6.31. The van der Waals surface area contributed by atoms with Gasteiger partial charge in [0.05, 0.1) is 30.2 Å². The number of benzene rings is 1. The molecule has 0 aliphatic heterocycles. The second-order valence-corrected chi connectivity index (χ2v) is 4.65. The molecule has 0 fully saturated rings. The van der Waals surface area contributed by atoms with Gasteiger partial charge in [0.25, 0.3) is 5.91 Å². The monoisotopic (exact) mass is 320 g/mol. The lowest BCUT2D eigenvalue weighted by Gasteiger charge is -2.12. The highest BCUT2D eigenvalue weighted by atomic mass is 35.5. The van der Waals surface area contributed by atoms with E-state index in [-0.39, 0.29) is 11.3 Å². The van der Waals surface area contributed by atoms with Crippen LogP contribution in [0.2, 0.25) is 5.02 Å². The van der Waals surface area contributed by atoms with E-state index < -0.39 is 11.9 Å². The van der Waals surface area contributed by atoms with Gasteiger partial charge >= 0.3 is 6.03 Å². The third-order valence-electron chi connectivity index (χ3n) is 2.74. The van der Waals surface area contributed by atoms with Crippen LogP contribution in [0.15, 0.2) is 36.7 Å². The number of carbonyl (C=O) groups is 2. The molecule has 2 aromatic rings. The highest BCUT2D eigenvalue weighted by Crippen LogP contribution is 2.27. The second-order valence-electron chi connectivity index (χ2n) is 4.21. The van der Waals surface area contributed by atoms with Crippen molar-refractivity contribution in [3.05, 3.63) is 47.2 Å². The van der Waals surface area contributed by atoms with Crippen molar-refractivity contribution in [2.45, 2.75) is 0 Å². The molecule has 3 amide bonds. The maximum Gasteiger partial charge on any atom is 0.323 e. The number of nitrogens with two attached hydrogens (primary N) is 1. The molecule has 0 unspecified atom stereocenters. The Hall–Kier alpha value is -2.80. The fraction of sp³-hybridized carbons (Fsp3) is 0.0714. The molecular weight excluding hydrogens is 308 g/mol. The number of amides is 3. The molecule has 7 nitrogen and oxygen atoms in total. The molecule has 8 heteroatoms. The van der Waals surface area contributed by atoms with Crippen LogP contribution in [0.25, 0.3) is 0 Å². The smallest absolute Gasteiger partial charge is 0.323 e. The van der Waals surface area contributed by atoms with Crippen LogP contribution in [-0.2, 0) is 0 Å². The van der Waals surface area contributed by atoms with Gasteiger partial charge in [-0.3, -0.25) is 9.78 Å². The van der Waals surface area contributed by atoms with Crippen molar-refractivity contribution in [3.63, 3.8) is 0 Å². The number of hydrogen-bond acceptors (Lipinski definition) is 4. The molecule has 114 valence electrons. The first kappa shape index (κ1) is 15.6. The van der Waals surface area contributed by atoms with Crippen molar-refractivity contribution >= 4 is 34.9 Å². The van der Waals surface area contributed by atoms with Crippen LogP contribution < -0.4 is 21.1 Å². The van der Waals surface area contributed by atoms with Gasteiger partial charge in [-0.1, -0.05) is 11.6 Å². The van der Waals surface area contributed by atoms with Crippen LogP contribution in [0.4, 0.5) is 16.2 Å². The van der Waals surface area contributed by atoms with Crippen LogP contribution in [0.5, 0.6) is 5.75 Å². The zero-order valence-electron chi connectivity index (χ0n) is 11.6. The van der Waals surface area contributed by atoms with Gasteiger partial charge in [-0.25, -0.2) is 4.79 Å². The first-order valence-electron chi connectivity index (χ1n) is 6.16. The summed E-state index contributed by atoms with van der Waals surface area (Å²) in [6, 6.07) is 5.62. The van der Waals surface area contributed by atoms with Gasteiger partial charge in [0.2, 0.25) is 0 Å². The summed E-state index contributed by atoms with van der Waals surface area (Å²) in [4.78, 5) is 27.2. The maximum atomic E-state index is 12.0. The highest BCUT2D eigenvalue weighted by Gasteiger charge is 2.12. The zero-order valence-corrected chi connectivity index (χ0v) is 12.3. The molecule has 0 aliphatic rings. The molecule has 4 N–H and O–H groups in total. The maximum absolute atomic E-state index is 12.0. The number of nitrogens with zero attached hydrogens (tertiary/aromatic N) is 1. The summed E-state index contributed by atoms with van der Waals surface area (Å²) in [6.45, 7) is 0. The minimum atomic E-state index is -0.668. The number of rotatable bonds is 4. The number of methoxy groups -OCH3 is 1. The number of hydrogen-bond donors (Lipinski definition) is 3. The summed E-state index contributed by atoms with van der Waals surface area (Å²) in [5, 5.41) is 5.52. The number of aromatic nitrogens is 1. The molecule has 0 atom stereocenters. The average molecular weight is 321 g/mol. The Labute approximate surface area is 131 Å². The van der Waals surface area contributed by atoms with Crippen molar-refractivity contribution in [1.29, 1.82) is 0 Å².